The van der Waals surface area contributed by atoms with Gasteiger partial charge in [0.15, 0.2) is 5.76 Å². The number of carbonyl (C=O) groups is 2. The number of hydrogen-bond donors (Lipinski definition) is 3. The summed E-state index contributed by atoms with van der Waals surface area (Å²) in [6.07, 6.45) is 6.46. The summed E-state index contributed by atoms with van der Waals surface area (Å²) < 4.78 is 47.2. The van der Waals surface area contributed by atoms with Crippen LogP contribution in [-0.2, 0) is 6.18 Å². The molecule has 1 aromatic heterocycles. The van der Waals surface area contributed by atoms with Crippen molar-refractivity contribution in [2.75, 3.05) is 13.1 Å². The van der Waals surface area contributed by atoms with Crippen molar-refractivity contribution in [3.63, 3.8) is 0 Å². The number of furan rings is 1. The average molecular weight is 805 g/mol. The van der Waals surface area contributed by atoms with Crippen LogP contribution < -0.4 is 5.32 Å². The fourth-order valence-electron chi connectivity index (χ4n) is 12.2. The van der Waals surface area contributed by atoms with Gasteiger partial charge in [-0.1, -0.05) is 80.9 Å². The minimum atomic E-state index is -4.59. The van der Waals surface area contributed by atoms with Gasteiger partial charge in [0.2, 0.25) is 5.78 Å². The molecule has 2 bridgehead atoms. The summed E-state index contributed by atoms with van der Waals surface area (Å²) in [6, 6.07) is 15.3. The van der Waals surface area contributed by atoms with Gasteiger partial charge in [0.25, 0.3) is 0 Å². The van der Waals surface area contributed by atoms with Gasteiger partial charge in [0, 0.05) is 33.9 Å². The topological polar surface area (TPSA) is 103 Å². The number of hydrogen-bond acceptors (Lipinski definition) is 5. The molecular weight excluding hydrogens is 753 g/mol. The quantitative estimate of drug-likeness (QED) is 0.148. The molecule has 1 unspecified atom stereocenters. The first-order valence-electron chi connectivity index (χ1n) is 20.4. The molecule has 2 amide bonds. The van der Waals surface area contributed by atoms with Gasteiger partial charge in [-0.2, -0.15) is 13.2 Å². The van der Waals surface area contributed by atoms with E-state index in [0.717, 1.165) is 30.5 Å². The molecular formula is C46H52ClF3N2O5. The smallest absolute Gasteiger partial charge is 0.416 e. The van der Waals surface area contributed by atoms with E-state index in [4.69, 9.17) is 16.0 Å². The molecule has 0 aliphatic heterocycles. The zero-order chi connectivity index (χ0) is 40.8. The summed E-state index contributed by atoms with van der Waals surface area (Å²) in [5.41, 5.74) is -2.90. The summed E-state index contributed by atoms with van der Waals surface area (Å²) in [5.74, 6) is -0.476. The van der Waals surface area contributed by atoms with Gasteiger partial charge in [-0.3, -0.25) is 4.79 Å². The second-order valence-electron chi connectivity index (χ2n) is 18.0. The number of benzene rings is 2. The lowest BCUT2D eigenvalue weighted by molar-refractivity contribution is -0.174. The molecule has 304 valence electrons. The number of nitrogens with one attached hydrogen (secondary N) is 1. The molecule has 6 aliphatic rings. The van der Waals surface area contributed by atoms with Crippen molar-refractivity contribution in [3.8, 4) is 11.3 Å². The van der Waals surface area contributed by atoms with Gasteiger partial charge < -0.3 is 24.8 Å². The Morgan fingerprint density at radius 1 is 0.982 bits per heavy atom. The van der Waals surface area contributed by atoms with Crippen LogP contribution in [0.4, 0.5) is 18.0 Å². The van der Waals surface area contributed by atoms with Gasteiger partial charge in [0.1, 0.15) is 5.76 Å². The first kappa shape index (κ1) is 39.9. The van der Waals surface area contributed by atoms with Gasteiger partial charge in [-0.25, -0.2) is 4.79 Å². The predicted molar refractivity (Wildman–Crippen MR) is 212 cm³/mol. The predicted octanol–water partition coefficient (Wildman–Crippen LogP) is 10.6. The summed E-state index contributed by atoms with van der Waals surface area (Å²) in [6.45, 7) is 9.00. The molecule has 11 heteroatoms. The Labute approximate surface area is 337 Å². The summed E-state index contributed by atoms with van der Waals surface area (Å²) in [4.78, 5) is 30.8. The highest BCUT2D eigenvalue weighted by Crippen LogP contribution is 2.78. The van der Waals surface area contributed by atoms with E-state index < -0.39 is 39.7 Å². The Hall–Kier alpha value is -3.86. The maximum atomic E-state index is 15.1. The number of aliphatic hydroxyl groups excluding tert-OH is 1. The van der Waals surface area contributed by atoms with Crippen LogP contribution in [0.15, 0.2) is 88.9 Å². The van der Waals surface area contributed by atoms with Crippen molar-refractivity contribution in [3.05, 3.63) is 106 Å². The number of Topliss-reactive ketones (excluding diaryl/α,β-unsaturated/α-hetero) is 1. The molecule has 9 atom stereocenters. The average Bonchev–Trinajstić information content (AvgIpc) is 3.77. The molecule has 6 aliphatic carbocycles. The number of ketones is 1. The molecule has 3 aromatic rings. The molecule has 9 rings (SSSR count). The minimum absolute atomic E-state index is 0.00729. The number of nitrogens with zero attached hydrogens (tertiary/aromatic N) is 1. The maximum Gasteiger partial charge on any atom is 0.416 e. The summed E-state index contributed by atoms with van der Waals surface area (Å²) in [7, 11) is 0. The largest absolute Gasteiger partial charge is 0.453 e. The van der Waals surface area contributed by atoms with Gasteiger partial charge >= 0.3 is 12.2 Å². The molecule has 2 spiro atoms. The minimum Gasteiger partial charge on any atom is -0.453 e. The Kier molecular flexibility index (Phi) is 9.72. The number of fused-ring (bicyclic) bond motifs is 1. The van der Waals surface area contributed by atoms with Crippen molar-refractivity contribution in [1.29, 1.82) is 0 Å². The lowest BCUT2D eigenvalue weighted by atomic mass is 9.32. The molecule has 3 N–H and O–H groups in total. The van der Waals surface area contributed by atoms with E-state index in [1.165, 1.54) is 18.2 Å². The van der Waals surface area contributed by atoms with E-state index in [-0.39, 0.29) is 63.8 Å². The van der Waals surface area contributed by atoms with Crippen LogP contribution >= 0.6 is 11.6 Å². The molecule has 2 aromatic carbocycles. The Bertz CT molecular complexity index is 2130. The normalized spacial score (nSPS) is 34.5. The lowest BCUT2D eigenvalue weighted by Crippen LogP contribution is -2.67. The van der Waals surface area contributed by atoms with Gasteiger partial charge in [-0.15, -0.1) is 0 Å². The van der Waals surface area contributed by atoms with E-state index in [1.54, 1.807) is 4.90 Å². The number of halogens is 4. The van der Waals surface area contributed by atoms with Crippen LogP contribution in [-0.4, -0.2) is 51.7 Å². The number of aliphatic hydroxyl groups is 2. The summed E-state index contributed by atoms with van der Waals surface area (Å²) >= 11 is 6.39. The number of amides is 2. The number of rotatable bonds is 9. The highest BCUT2D eigenvalue weighted by molar-refractivity contribution is 6.33. The van der Waals surface area contributed by atoms with Crippen LogP contribution in [0.1, 0.15) is 107 Å². The molecule has 7 nitrogen and oxygen atoms in total. The first-order chi connectivity index (χ1) is 26.9. The zero-order valence-corrected chi connectivity index (χ0v) is 33.7. The van der Waals surface area contributed by atoms with E-state index >= 15 is 4.79 Å². The third-order valence-electron chi connectivity index (χ3n) is 15.2. The van der Waals surface area contributed by atoms with Gasteiger partial charge in [-0.05, 0) is 111 Å². The Balaban J connectivity index is 1.16. The number of allylic oxidation sites excluding steroid dienone is 4. The second kappa shape index (κ2) is 13.9. The van der Waals surface area contributed by atoms with E-state index in [2.05, 4.69) is 37.4 Å². The van der Waals surface area contributed by atoms with Crippen molar-refractivity contribution in [1.82, 2.24) is 10.2 Å². The Morgan fingerprint density at radius 2 is 1.68 bits per heavy atom. The number of carbonyl (C=O) groups excluding carboxylic acids is 2. The van der Waals surface area contributed by atoms with Crippen LogP contribution in [0, 0.1) is 33.5 Å². The van der Waals surface area contributed by atoms with E-state index in [9.17, 15) is 28.2 Å². The molecule has 3 saturated carbocycles. The first-order valence-corrected chi connectivity index (χ1v) is 20.8. The highest BCUT2D eigenvalue weighted by Gasteiger charge is 2.74. The molecule has 57 heavy (non-hydrogen) atoms. The standard InChI is InChI=1S/C46H52ClF3N2O5/c1-5-23-52(40(55)51-28(2)29-9-7-6-8-10-29)27-44(56)20-17-38-42(44,4)19-16-37-41(3)18-15-31(53)25-43(41)21-22-45(37,38)33(26-43)39(54)36-14-13-35(57-36)32-24-30(46(48,49)50)11-12-34(32)47/h6-14,21-22,24,26,28,31,37-38,53,56H,5,15-20,23,25,27H2,1-4H3,(H,51,55)/t28-,31?,37-,38-,41-,42+,43+,44-,45-/m1/s1. The fraction of sp³-hybridized carbons (Fsp3) is 0.522. The van der Waals surface area contributed by atoms with Crippen molar-refractivity contribution >= 4 is 23.4 Å². The van der Waals surface area contributed by atoms with Gasteiger partial charge in [0.05, 0.1) is 34.9 Å². The van der Waals surface area contributed by atoms with Crippen molar-refractivity contribution in [2.24, 2.45) is 33.5 Å². The molecule has 1 heterocycles. The Morgan fingerprint density at radius 3 is 2.40 bits per heavy atom. The SMILES string of the molecule is CCCN(C[C@]1(O)CC[C@H]2[C@]34C=C[C@@]5(C=C3C(=O)c3ccc(-c6cc(C(F)(F)F)ccc6Cl)o3)CC(O)CC[C@]5(C)[C@H]4CC[C@@]21C)C(=O)N[C@H](C)c1ccccc1. The lowest BCUT2D eigenvalue weighted by Gasteiger charge is -2.71. The van der Waals surface area contributed by atoms with E-state index in [0.29, 0.717) is 50.6 Å². The third-order valence-corrected chi connectivity index (χ3v) is 15.5. The highest BCUT2D eigenvalue weighted by atomic mass is 35.5. The fourth-order valence-corrected chi connectivity index (χ4v) is 12.4. The maximum absolute atomic E-state index is 15.1. The van der Waals surface area contributed by atoms with Crippen LogP contribution in [0.3, 0.4) is 0 Å². The number of urea groups is 1. The number of alkyl halides is 3. The monoisotopic (exact) mass is 804 g/mol. The third kappa shape index (κ3) is 6.05. The van der Waals surface area contributed by atoms with Crippen molar-refractivity contribution in [2.45, 2.75) is 103 Å². The van der Waals surface area contributed by atoms with Crippen molar-refractivity contribution < 1.29 is 37.4 Å². The zero-order valence-electron chi connectivity index (χ0n) is 33.0. The van der Waals surface area contributed by atoms with Crippen LogP contribution in [0.2, 0.25) is 5.02 Å². The molecule has 0 saturated heterocycles. The van der Waals surface area contributed by atoms with Crippen LogP contribution in [0.25, 0.3) is 11.3 Å². The summed E-state index contributed by atoms with van der Waals surface area (Å²) in [5, 5.41) is 27.3. The molecule has 0 radical (unpaired) electrons. The van der Waals surface area contributed by atoms with Crippen LogP contribution in [0.5, 0.6) is 0 Å². The molecule has 3 fully saturated rings. The van der Waals surface area contributed by atoms with E-state index in [1.807, 2.05) is 44.2 Å². The second-order valence-corrected chi connectivity index (χ2v) is 18.4.